The van der Waals surface area contributed by atoms with Gasteiger partial charge in [0.05, 0.1) is 13.2 Å². The Bertz CT molecular complexity index is 1300. The second kappa shape index (κ2) is 12.0. The molecular formula is C28H32N6O4. The molecule has 5 rings (SSSR count). The van der Waals surface area contributed by atoms with Crippen molar-refractivity contribution in [2.24, 2.45) is 0 Å². The van der Waals surface area contributed by atoms with Gasteiger partial charge in [0.1, 0.15) is 18.1 Å². The largest absolute Gasteiger partial charge is 0.462 e. The van der Waals surface area contributed by atoms with E-state index in [2.05, 4.69) is 26.8 Å². The maximum absolute atomic E-state index is 13.4. The number of amides is 2. The van der Waals surface area contributed by atoms with Crippen LogP contribution in [-0.4, -0.2) is 97.2 Å². The molecule has 0 bridgehead atoms. The molecule has 2 fully saturated rings. The van der Waals surface area contributed by atoms with Gasteiger partial charge in [0.15, 0.2) is 0 Å². The minimum atomic E-state index is -0.344. The van der Waals surface area contributed by atoms with Gasteiger partial charge in [0.25, 0.3) is 5.91 Å². The van der Waals surface area contributed by atoms with Crippen molar-refractivity contribution in [2.45, 2.75) is 0 Å². The second-order valence-corrected chi connectivity index (χ2v) is 9.19. The molecule has 0 aliphatic carbocycles. The SMILES string of the molecule is C=CC(=O)N1CCN(c2cc(C(=O)Nc3cccc4ccccc34)nc(OCCN3CCOCC3)n2)CC1. The number of hydrogen-bond acceptors (Lipinski definition) is 8. The highest BCUT2D eigenvalue weighted by Gasteiger charge is 2.23. The van der Waals surface area contributed by atoms with Crippen LogP contribution in [0.2, 0.25) is 0 Å². The van der Waals surface area contributed by atoms with Gasteiger partial charge in [0, 0.05) is 63.0 Å². The molecular weight excluding hydrogens is 484 g/mol. The van der Waals surface area contributed by atoms with Crippen LogP contribution in [0.25, 0.3) is 10.8 Å². The average molecular weight is 517 g/mol. The van der Waals surface area contributed by atoms with Crippen LogP contribution in [0.3, 0.4) is 0 Å². The molecule has 2 aromatic carbocycles. The molecule has 1 aromatic heterocycles. The summed E-state index contributed by atoms with van der Waals surface area (Å²) in [5.74, 6) is 0.160. The van der Waals surface area contributed by atoms with E-state index in [1.54, 1.807) is 11.0 Å². The molecule has 2 aliphatic heterocycles. The summed E-state index contributed by atoms with van der Waals surface area (Å²) in [5.41, 5.74) is 0.925. The number of benzene rings is 2. The summed E-state index contributed by atoms with van der Waals surface area (Å²) in [5, 5.41) is 4.99. The monoisotopic (exact) mass is 516 g/mol. The van der Waals surface area contributed by atoms with Gasteiger partial charge in [-0.25, -0.2) is 0 Å². The van der Waals surface area contributed by atoms with Gasteiger partial charge >= 0.3 is 6.01 Å². The Morgan fingerprint density at radius 2 is 1.76 bits per heavy atom. The Morgan fingerprint density at radius 3 is 2.55 bits per heavy atom. The summed E-state index contributed by atoms with van der Waals surface area (Å²) in [4.78, 5) is 40.5. The Labute approximate surface area is 221 Å². The molecule has 10 heteroatoms. The number of piperazine rings is 1. The van der Waals surface area contributed by atoms with Crippen LogP contribution in [0.4, 0.5) is 11.5 Å². The second-order valence-electron chi connectivity index (χ2n) is 9.19. The number of fused-ring (bicyclic) bond motifs is 1. The lowest BCUT2D eigenvalue weighted by Gasteiger charge is -2.35. The Morgan fingerprint density at radius 1 is 1.00 bits per heavy atom. The van der Waals surface area contributed by atoms with Crippen molar-refractivity contribution >= 4 is 34.1 Å². The number of carbonyl (C=O) groups is 2. The maximum atomic E-state index is 13.4. The van der Waals surface area contributed by atoms with Crippen LogP contribution in [-0.2, 0) is 9.53 Å². The van der Waals surface area contributed by atoms with Crippen LogP contribution in [0.5, 0.6) is 6.01 Å². The van der Waals surface area contributed by atoms with Crippen molar-refractivity contribution in [2.75, 3.05) is 75.9 Å². The molecule has 0 saturated carbocycles. The Balaban J connectivity index is 1.35. The quantitative estimate of drug-likeness (QED) is 0.456. The first kappa shape index (κ1) is 25.6. The van der Waals surface area contributed by atoms with Crippen molar-refractivity contribution in [3.8, 4) is 6.01 Å². The minimum absolute atomic E-state index is 0.0883. The molecule has 0 atom stereocenters. The zero-order chi connectivity index (χ0) is 26.3. The van der Waals surface area contributed by atoms with Gasteiger partial charge in [-0.1, -0.05) is 43.0 Å². The molecule has 10 nitrogen and oxygen atoms in total. The first-order valence-corrected chi connectivity index (χ1v) is 12.9. The molecule has 3 heterocycles. The van der Waals surface area contributed by atoms with E-state index in [-0.39, 0.29) is 23.5 Å². The van der Waals surface area contributed by atoms with Crippen LogP contribution >= 0.6 is 0 Å². The molecule has 0 unspecified atom stereocenters. The third-order valence-corrected chi connectivity index (χ3v) is 6.79. The third-order valence-electron chi connectivity index (χ3n) is 6.79. The fraction of sp³-hybridized carbons (Fsp3) is 0.357. The predicted molar refractivity (Wildman–Crippen MR) is 146 cm³/mol. The van der Waals surface area contributed by atoms with Crippen molar-refractivity contribution in [3.63, 3.8) is 0 Å². The number of carbonyl (C=O) groups excluding carboxylic acids is 2. The number of aromatic nitrogens is 2. The van der Waals surface area contributed by atoms with Crippen LogP contribution in [0, 0.1) is 0 Å². The number of rotatable bonds is 8. The number of nitrogens with one attached hydrogen (secondary N) is 1. The third kappa shape index (κ3) is 6.09. The van der Waals surface area contributed by atoms with E-state index in [4.69, 9.17) is 9.47 Å². The summed E-state index contributed by atoms with van der Waals surface area (Å²) in [6, 6.07) is 15.5. The first-order chi connectivity index (χ1) is 18.6. The van der Waals surface area contributed by atoms with Gasteiger partial charge < -0.3 is 24.6 Å². The number of nitrogens with zero attached hydrogens (tertiary/aromatic N) is 5. The van der Waals surface area contributed by atoms with E-state index >= 15 is 0 Å². The van der Waals surface area contributed by atoms with Gasteiger partial charge in [-0.15, -0.1) is 0 Å². The lowest BCUT2D eigenvalue weighted by molar-refractivity contribution is -0.126. The Hall–Kier alpha value is -4.02. The lowest BCUT2D eigenvalue weighted by Crippen LogP contribution is -2.48. The molecule has 0 radical (unpaired) electrons. The van der Waals surface area contributed by atoms with Crippen molar-refractivity contribution in [1.82, 2.24) is 19.8 Å². The molecule has 1 N–H and O–H groups in total. The standard InChI is InChI=1S/C28H32N6O4/c1-2-26(35)34-12-10-33(11-13-34)25-20-24(30-28(31-25)38-19-16-32-14-17-37-18-15-32)27(36)29-23-9-5-7-21-6-3-4-8-22(21)23/h2-9,20H,1,10-19H2,(H,29,36). The van der Waals surface area contributed by atoms with E-state index in [1.807, 2.05) is 47.4 Å². The summed E-state index contributed by atoms with van der Waals surface area (Å²) < 4.78 is 11.3. The van der Waals surface area contributed by atoms with Gasteiger partial charge in [-0.05, 0) is 17.5 Å². The van der Waals surface area contributed by atoms with Gasteiger partial charge in [-0.2, -0.15) is 9.97 Å². The highest BCUT2D eigenvalue weighted by Crippen LogP contribution is 2.24. The maximum Gasteiger partial charge on any atom is 0.319 e. The lowest BCUT2D eigenvalue weighted by atomic mass is 10.1. The zero-order valence-corrected chi connectivity index (χ0v) is 21.3. The fourth-order valence-corrected chi connectivity index (χ4v) is 4.65. The van der Waals surface area contributed by atoms with Crippen LogP contribution in [0.15, 0.2) is 61.2 Å². The number of morpholine rings is 1. The molecule has 2 saturated heterocycles. The summed E-state index contributed by atoms with van der Waals surface area (Å²) >= 11 is 0. The van der Waals surface area contributed by atoms with Gasteiger partial charge in [0.2, 0.25) is 5.91 Å². The molecule has 198 valence electrons. The number of hydrogen-bond donors (Lipinski definition) is 1. The van der Waals surface area contributed by atoms with Crippen molar-refractivity contribution in [3.05, 3.63) is 66.9 Å². The van der Waals surface area contributed by atoms with E-state index in [0.717, 1.165) is 30.4 Å². The summed E-state index contributed by atoms with van der Waals surface area (Å²) in [6.07, 6.45) is 1.33. The van der Waals surface area contributed by atoms with E-state index in [9.17, 15) is 9.59 Å². The zero-order valence-electron chi connectivity index (χ0n) is 21.3. The molecule has 2 aliphatic rings. The molecule has 2 amide bonds. The average Bonchev–Trinajstić information content (AvgIpc) is 2.97. The summed E-state index contributed by atoms with van der Waals surface area (Å²) in [6.45, 7) is 10.1. The molecule has 38 heavy (non-hydrogen) atoms. The van der Waals surface area contributed by atoms with Gasteiger partial charge in [-0.3, -0.25) is 14.5 Å². The Kier molecular flexibility index (Phi) is 8.10. The topological polar surface area (TPSA) is 100 Å². The highest BCUT2D eigenvalue weighted by molar-refractivity contribution is 6.08. The number of anilines is 2. The van der Waals surface area contributed by atoms with Crippen LogP contribution < -0.4 is 15.0 Å². The van der Waals surface area contributed by atoms with Crippen LogP contribution in [0.1, 0.15) is 10.5 Å². The van der Waals surface area contributed by atoms with E-state index in [1.165, 1.54) is 6.08 Å². The first-order valence-electron chi connectivity index (χ1n) is 12.9. The normalized spacial score (nSPS) is 16.3. The van der Waals surface area contributed by atoms with Crippen molar-refractivity contribution < 1.29 is 19.1 Å². The van der Waals surface area contributed by atoms with E-state index < -0.39 is 0 Å². The molecule has 0 spiro atoms. The van der Waals surface area contributed by atoms with Crippen molar-refractivity contribution in [1.29, 1.82) is 0 Å². The summed E-state index contributed by atoms with van der Waals surface area (Å²) in [7, 11) is 0. The predicted octanol–water partition coefficient (Wildman–Crippen LogP) is 2.43. The fourth-order valence-electron chi connectivity index (χ4n) is 4.65. The molecule has 3 aromatic rings. The highest BCUT2D eigenvalue weighted by atomic mass is 16.5. The van der Waals surface area contributed by atoms with E-state index in [0.29, 0.717) is 57.5 Å². The smallest absolute Gasteiger partial charge is 0.319 e. The minimum Gasteiger partial charge on any atom is -0.462 e. The number of ether oxygens (including phenoxy) is 2.